The van der Waals surface area contributed by atoms with Gasteiger partial charge in [-0.2, -0.15) is 0 Å². The van der Waals surface area contributed by atoms with Gasteiger partial charge in [-0.1, -0.05) is 12.1 Å². The second kappa shape index (κ2) is 9.10. The van der Waals surface area contributed by atoms with Crippen molar-refractivity contribution in [3.8, 4) is 5.75 Å². The molecular formula is C19H15Br2N3O4S. The fourth-order valence-electron chi connectivity index (χ4n) is 2.62. The molecule has 0 aliphatic carbocycles. The Labute approximate surface area is 188 Å². The molecule has 3 rings (SSSR count). The van der Waals surface area contributed by atoms with Crippen LogP contribution in [0.2, 0.25) is 0 Å². The van der Waals surface area contributed by atoms with Crippen molar-refractivity contribution >= 4 is 66.5 Å². The van der Waals surface area contributed by atoms with Crippen molar-refractivity contribution in [2.45, 2.75) is 6.61 Å². The monoisotopic (exact) mass is 539 g/mol. The van der Waals surface area contributed by atoms with Gasteiger partial charge in [0.2, 0.25) is 0 Å². The Bertz CT molecular complexity index is 1030. The highest BCUT2D eigenvalue weighted by Crippen LogP contribution is 2.38. The fraction of sp³-hybridized carbons (Fsp3) is 0.158. The number of amides is 1. The quantitative estimate of drug-likeness (QED) is 0.294. The van der Waals surface area contributed by atoms with E-state index in [2.05, 4.69) is 36.9 Å². The number of nitro benzene ring substituents is 1. The molecule has 29 heavy (non-hydrogen) atoms. The summed E-state index contributed by atoms with van der Waals surface area (Å²) in [6, 6.07) is 9.99. The van der Waals surface area contributed by atoms with Crippen LogP contribution in [-0.4, -0.2) is 35.0 Å². The molecule has 0 radical (unpaired) electrons. The molecule has 0 unspecified atom stereocenters. The molecule has 0 saturated carbocycles. The number of hydrogen-bond acceptors (Lipinski definition) is 6. The van der Waals surface area contributed by atoms with Gasteiger partial charge in [0.1, 0.15) is 12.4 Å². The maximum absolute atomic E-state index is 12.3. The van der Waals surface area contributed by atoms with Crippen LogP contribution in [0.1, 0.15) is 11.1 Å². The second-order valence-electron chi connectivity index (χ2n) is 6.01. The third-order valence-corrected chi connectivity index (χ3v) is 6.35. The van der Waals surface area contributed by atoms with Gasteiger partial charge >= 0.3 is 0 Å². The van der Waals surface area contributed by atoms with Gasteiger partial charge in [-0.3, -0.25) is 24.8 Å². The normalized spacial score (nSPS) is 16.7. The molecule has 0 N–H and O–H groups in total. The number of hydrogen-bond donors (Lipinski definition) is 0. The Morgan fingerprint density at radius 2 is 1.97 bits per heavy atom. The summed E-state index contributed by atoms with van der Waals surface area (Å²) in [6.45, 7) is 0.175. The van der Waals surface area contributed by atoms with Crippen LogP contribution < -0.4 is 4.74 Å². The molecule has 10 heteroatoms. The summed E-state index contributed by atoms with van der Waals surface area (Å²) in [5.74, 6) is 0.464. The average Bonchev–Trinajstić information content (AvgIpc) is 2.95. The minimum atomic E-state index is -0.438. The molecule has 0 spiro atoms. The predicted octanol–water partition coefficient (Wildman–Crippen LogP) is 5.23. The molecule has 1 amide bonds. The number of rotatable bonds is 5. The summed E-state index contributed by atoms with van der Waals surface area (Å²) >= 11 is 8.30. The number of nitrogens with zero attached hydrogens (tertiary/aromatic N) is 3. The van der Waals surface area contributed by atoms with Crippen LogP contribution >= 0.6 is 43.6 Å². The van der Waals surface area contributed by atoms with Crippen molar-refractivity contribution in [3.63, 3.8) is 0 Å². The summed E-state index contributed by atoms with van der Waals surface area (Å²) < 4.78 is 7.23. The standard InChI is InChI=1S/C19H15Br2N3O4S/c1-22-19-23(2)18(25)16(29-19)9-12-7-14(20)17(15(21)8-12)28-10-11-4-3-5-13(6-11)24(26)27/h3-9H,10H2,1-2H3/b16-9+,22-19?. The lowest BCUT2D eigenvalue weighted by molar-refractivity contribution is -0.384. The summed E-state index contributed by atoms with van der Waals surface area (Å²) in [5, 5.41) is 11.6. The molecule has 0 bridgehead atoms. The van der Waals surface area contributed by atoms with E-state index in [1.165, 1.54) is 28.8 Å². The lowest BCUT2D eigenvalue weighted by Crippen LogP contribution is -2.23. The van der Waals surface area contributed by atoms with E-state index in [4.69, 9.17) is 4.74 Å². The SMILES string of the molecule is CN=C1S/C(=C/c2cc(Br)c(OCc3cccc([N+](=O)[O-])c3)c(Br)c2)C(=O)N1C. The zero-order valence-electron chi connectivity index (χ0n) is 15.4. The van der Waals surface area contributed by atoms with Crippen LogP contribution in [-0.2, 0) is 11.4 Å². The topological polar surface area (TPSA) is 85.0 Å². The van der Waals surface area contributed by atoms with Crippen LogP contribution in [0.4, 0.5) is 5.69 Å². The molecule has 1 aliphatic rings. The van der Waals surface area contributed by atoms with Crippen molar-refractivity contribution in [1.29, 1.82) is 0 Å². The van der Waals surface area contributed by atoms with Gasteiger partial charge in [0, 0.05) is 26.2 Å². The number of nitro groups is 1. The van der Waals surface area contributed by atoms with E-state index in [1.807, 2.05) is 12.1 Å². The Morgan fingerprint density at radius 1 is 1.28 bits per heavy atom. The number of ether oxygens (including phenoxy) is 1. The minimum absolute atomic E-state index is 0.0184. The van der Waals surface area contributed by atoms with E-state index < -0.39 is 4.92 Å². The maximum Gasteiger partial charge on any atom is 0.269 e. The minimum Gasteiger partial charge on any atom is -0.487 e. The lowest BCUT2D eigenvalue weighted by atomic mass is 10.2. The number of non-ortho nitro benzene ring substituents is 1. The third kappa shape index (κ3) is 4.88. The van der Waals surface area contributed by atoms with Gasteiger partial charge in [0.25, 0.3) is 11.6 Å². The van der Waals surface area contributed by atoms with E-state index in [-0.39, 0.29) is 18.2 Å². The van der Waals surface area contributed by atoms with Gasteiger partial charge in [0.15, 0.2) is 5.17 Å². The molecule has 2 aromatic rings. The van der Waals surface area contributed by atoms with Gasteiger partial charge in [-0.05, 0) is 73.0 Å². The van der Waals surface area contributed by atoms with Gasteiger partial charge in [-0.15, -0.1) is 0 Å². The molecule has 0 atom stereocenters. The summed E-state index contributed by atoms with van der Waals surface area (Å²) in [7, 11) is 3.34. The van der Waals surface area contributed by atoms with E-state index in [1.54, 1.807) is 32.3 Å². The van der Waals surface area contributed by atoms with Gasteiger partial charge in [0.05, 0.1) is 18.8 Å². The lowest BCUT2D eigenvalue weighted by Gasteiger charge is -2.11. The predicted molar refractivity (Wildman–Crippen MR) is 121 cm³/mol. The molecular weight excluding hydrogens is 526 g/mol. The van der Waals surface area contributed by atoms with Crippen LogP contribution in [0.25, 0.3) is 6.08 Å². The Kier molecular flexibility index (Phi) is 6.76. The Balaban J connectivity index is 1.80. The van der Waals surface area contributed by atoms with E-state index in [0.717, 1.165) is 5.56 Å². The summed E-state index contributed by atoms with van der Waals surface area (Å²) in [6.07, 6.45) is 1.79. The summed E-state index contributed by atoms with van der Waals surface area (Å²) in [5.41, 5.74) is 1.52. The van der Waals surface area contributed by atoms with Gasteiger partial charge < -0.3 is 4.74 Å². The van der Waals surface area contributed by atoms with Crippen LogP contribution in [0.3, 0.4) is 0 Å². The third-order valence-electron chi connectivity index (χ3n) is 4.02. The molecule has 1 fully saturated rings. The molecule has 7 nitrogen and oxygen atoms in total. The molecule has 1 heterocycles. The number of carbonyl (C=O) groups is 1. The highest BCUT2D eigenvalue weighted by atomic mass is 79.9. The first-order valence-electron chi connectivity index (χ1n) is 8.29. The van der Waals surface area contributed by atoms with E-state index in [0.29, 0.717) is 30.3 Å². The fourth-order valence-corrected chi connectivity index (χ4v) is 4.99. The molecule has 1 saturated heterocycles. The Morgan fingerprint density at radius 3 is 2.55 bits per heavy atom. The van der Waals surface area contributed by atoms with Crippen molar-refractivity contribution in [2.75, 3.05) is 14.1 Å². The number of carbonyl (C=O) groups excluding carboxylic acids is 1. The number of thioether (sulfide) groups is 1. The first-order valence-corrected chi connectivity index (χ1v) is 10.7. The van der Waals surface area contributed by atoms with E-state index >= 15 is 0 Å². The first-order chi connectivity index (χ1) is 13.8. The zero-order valence-corrected chi connectivity index (χ0v) is 19.4. The summed E-state index contributed by atoms with van der Waals surface area (Å²) in [4.78, 5) is 29.0. The van der Waals surface area contributed by atoms with Crippen molar-refractivity contribution in [3.05, 3.63) is 71.5 Å². The van der Waals surface area contributed by atoms with E-state index in [9.17, 15) is 14.9 Å². The average molecular weight is 541 g/mol. The Hall–Kier alpha value is -2.17. The second-order valence-corrected chi connectivity index (χ2v) is 8.73. The maximum atomic E-state index is 12.3. The molecule has 0 aromatic heterocycles. The highest BCUT2D eigenvalue weighted by Gasteiger charge is 2.29. The van der Waals surface area contributed by atoms with Crippen LogP contribution in [0.15, 0.2) is 55.2 Å². The highest BCUT2D eigenvalue weighted by molar-refractivity contribution is 9.11. The number of amidine groups is 1. The number of likely N-dealkylation sites (N-methyl/N-ethyl adjacent to an activating group) is 1. The number of halogens is 2. The number of aliphatic imine (C=N–C) groups is 1. The van der Waals surface area contributed by atoms with Crippen LogP contribution in [0.5, 0.6) is 5.75 Å². The zero-order chi connectivity index (χ0) is 21.1. The first kappa shape index (κ1) is 21.5. The van der Waals surface area contributed by atoms with Crippen molar-refractivity contribution in [2.24, 2.45) is 4.99 Å². The largest absolute Gasteiger partial charge is 0.487 e. The van der Waals surface area contributed by atoms with Crippen molar-refractivity contribution in [1.82, 2.24) is 4.90 Å². The van der Waals surface area contributed by atoms with Crippen LogP contribution in [0, 0.1) is 10.1 Å². The molecule has 1 aliphatic heterocycles. The van der Waals surface area contributed by atoms with Gasteiger partial charge in [-0.25, -0.2) is 0 Å². The smallest absolute Gasteiger partial charge is 0.269 e. The number of benzene rings is 2. The molecule has 2 aromatic carbocycles. The van der Waals surface area contributed by atoms with Crippen molar-refractivity contribution < 1.29 is 14.5 Å². The molecule has 150 valence electrons.